The van der Waals surface area contributed by atoms with E-state index in [4.69, 9.17) is 0 Å². The zero-order valence-corrected chi connectivity index (χ0v) is 11.3. The lowest BCUT2D eigenvalue weighted by atomic mass is 9.99. The van der Waals surface area contributed by atoms with Crippen LogP contribution in [0.2, 0.25) is 0 Å². The first-order valence-electron chi connectivity index (χ1n) is 6.86. The highest BCUT2D eigenvalue weighted by atomic mass is 16.1. The van der Waals surface area contributed by atoms with Crippen LogP contribution in [-0.4, -0.2) is 50.6 Å². The Bertz CT molecular complexity index is 213. The predicted octanol–water partition coefficient (Wildman–Crippen LogP) is 0.834. The third kappa shape index (κ3) is 6.64. The van der Waals surface area contributed by atoms with Crippen LogP contribution in [0.5, 0.6) is 0 Å². The quantitative estimate of drug-likeness (QED) is 0.649. The summed E-state index contributed by atoms with van der Waals surface area (Å²) in [6.45, 7) is 7.42. The van der Waals surface area contributed by atoms with Gasteiger partial charge in [-0.05, 0) is 51.9 Å². The fraction of sp³-hybridized carbons (Fsp3) is 0.923. The van der Waals surface area contributed by atoms with Crippen molar-refractivity contribution >= 4 is 5.91 Å². The Morgan fingerprint density at radius 1 is 1.29 bits per heavy atom. The molecule has 1 heterocycles. The number of hydrogen-bond acceptors (Lipinski definition) is 3. The molecule has 1 aliphatic rings. The van der Waals surface area contributed by atoms with E-state index in [1.54, 1.807) is 0 Å². The molecular weight excluding hydrogens is 214 g/mol. The van der Waals surface area contributed by atoms with E-state index < -0.39 is 0 Å². The van der Waals surface area contributed by atoms with E-state index in [-0.39, 0.29) is 5.91 Å². The zero-order valence-electron chi connectivity index (χ0n) is 11.3. The lowest BCUT2D eigenvalue weighted by Gasteiger charge is -2.30. The van der Waals surface area contributed by atoms with Gasteiger partial charge in [0.2, 0.25) is 5.91 Å². The maximum atomic E-state index is 11.5. The molecule has 1 aliphatic heterocycles. The third-order valence-corrected chi connectivity index (χ3v) is 3.46. The van der Waals surface area contributed by atoms with Crippen molar-refractivity contribution in [2.45, 2.75) is 32.6 Å². The van der Waals surface area contributed by atoms with E-state index in [2.05, 4.69) is 22.5 Å². The van der Waals surface area contributed by atoms with Gasteiger partial charge in [-0.25, -0.2) is 0 Å². The normalized spacial score (nSPS) is 18.2. The Balaban J connectivity index is 1.97. The number of nitrogens with one attached hydrogen (secondary N) is 2. The molecule has 1 rings (SSSR count). The Morgan fingerprint density at radius 3 is 2.65 bits per heavy atom. The minimum Gasteiger partial charge on any atom is -0.355 e. The van der Waals surface area contributed by atoms with Crippen molar-refractivity contribution in [3.05, 3.63) is 0 Å². The summed E-state index contributed by atoms with van der Waals surface area (Å²) >= 11 is 0. The molecule has 0 bridgehead atoms. The summed E-state index contributed by atoms with van der Waals surface area (Å²) in [5.74, 6) is 1.06. The molecule has 0 radical (unpaired) electrons. The summed E-state index contributed by atoms with van der Waals surface area (Å²) in [6, 6.07) is 0. The van der Waals surface area contributed by atoms with E-state index in [1.165, 1.54) is 25.9 Å². The highest BCUT2D eigenvalue weighted by Crippen LogP contribution is 2.14. The second-order valence-electron chi connectivity index (χ2n) is 5.08. The van der Waals surface area contributed by atoms with Gasteiger partial charge >= 0.3 is 0 Å². The highest BCUT2D eigenvalue weighted by molar-refractivity contribution is 5.75. The second kappa shape index (κ2) is 8.48. The van der Waals surface area contributed by atoms with Crippen LogP contribution >= 0.6 is 0 Å². The van der Waals surface area contributed by atoms with E-state index >= 15 is 0 Å². The lowest BCUT2D eigenvalue weighted by molar-refractivity contribution is -0.121. The first kappa shape index (κ1) is 14.5. The standard InChI is InChI=1S/C13H27N3O/c1-12-5-9-16(10-6-12)11-8-15-13(17)4-3-7-14-2/h12,14H,3-11H2,1-2H3,(H,15,17). The molecule has 0 aromatic carbocycles. The third-order valence-electron chi connectivity index (χ3n) is 3.46. The van der Waals surface area contributed by atoms with Crippen molar-refractivity contribution in [3.8, 4) is 0 Å². The molecule has 0 unspecified atom stereocenters. The van der Waals surface area contributed by atoms with Gasteiger partial charge in [0.25, 0.3) is 0 Å². The van der Waals surface area contributed by atoms with Crippen molar-refractivity contribution in [3.63, 3.8) is 0 Å². The Hall–Kier alpha value is -0.610. The van der Waals surface area contributed by atoms with Crippen LogP contribution in [0.4, 0.5) is 0 Å². The minimum atomic E-state index is 0.186. The summed E-state index contributed by atoms with van der Waals surface area (Å²) in [5.41, 5.74) is 0. The Morgan fingerprint density at radius 2 is 2.00 bits per heavy atom. The van der Waals surface area contributed by atoms with Gasteiger partial charge in [0, 0.05) is 19.5 Å². The largest absolute Gasteiger partial charge is 0.355 e. The van der Waals surface area contributed by atoms with Gasteiger partial charge in [-0.3, -0.25) is 4.79 Å². The number of carbonyl (C=O) groups is 1. The first-order chi connectivity index (χ1) is 8.22. The molecule has 1 fully saturated rings. The molecule has 4 nitrogen and oxygen atoms in total. The van der Waals surface area contributed by atoms with Gasteiger partial charge in [0.1, 0.15) is 0 Å². The molecule has 0 aromatic rings. The van der Waals surface area contributed by atoms with E-state index in [9.17, 15) is 4.79 Å². The SMILES string of the molecule is CNCCCC(=O)NCCN1CCC(C)CC1. The maximum absolute atomic E-state index is 11.5. The van der Waals surface area contributed by atoms with Crippen LogP contribution in [0.1, 0.15) is 32.6 Å². The first-order valence-corrected chi connectivity index (χ1v) is 6.86. The molecule has 0 aliphatic carbocycles. The minimum absolute atomic E-state index is 0.186. The van der Waals surface area contributed by atoms with Gasteiger partial charge in [0.15, 0.2) is 0 Å². The van der Waals surface area contributed by atoms with E-state index in [0.717, 1.165) is 32.0 Å². The van der Waals surface area contributed by atoms with Gasteiger partial charge in [-0.15, -0.1) is 0 Å². The summed E-state index contributed by atoms with van der Waals surface area (Å²) in [6.07, 6.45) is 4.16. The van der Waals surface area contributed by atoms with Crippen LogP contribution in [0.25, 0.3) is 0 Å². The van der Waals surface area contributed by atoms with Crippen molar-refractivity contribution in [1.29, 1.82) is 0 Å². The zero-order chi connectivity index (χ0) is 12.5. The Labute approximate surface area is 105 Å². The van der Waals surface area contributed by atoms with Crippen LogP contribution in [0.3, 0.4) is 0 Å². The number of carbonyl (C=O) groups excluding carboxylic acids is 1. The molecule has 0 spiro atoms. The number of likely N-dealkylation sites (tertiary alicyclic amines) is 1. The average Bonchev–Trinajstić information content (AvgIpc) is 2.32. The molecule has 100 valence electrons. The van der Waals surface area contributed by atoms with Crippen LogP contribution in [-0.2, 0) is 4.79 Å². The monoisotopic (exact) mass is 241 g/mol. The van der Waals surface area contributed by atoms with Gasteiger partial charge < -0.3 is 15.5 Å². The second-order valence-corrected chi connectivity index (χ2v) is 5.08. The molecule has 4 heteroatoms. The van der Waals surface area contributed by atoms with Gasteiger partial charge in [-0.1, -0.05) is 6.92 Å². The molecule has 0 saturated carbocycles. The number of nitrogens with zero attached hydrogens (tertiary/aromatic N) is 1. The topological polar surface area (TPSA) is 44.4 Å². The summed E-state index contributed by atoms with van der Waals surface area (Å²) in [7, 11) is 1.91. The van der Waals surface area contributed by atoms with Crippen LogP contribution in [0.15, 0.2) is 0 Å². The average molecular weight is 241 g/mol. The molecule has 2 N–H and O–H groups in total. The molecule has 17 heavy (non-hydrogen) atoms. The summed E-state index contributed by atoms with van der Waals surface area (Å²) in [5, 5.41) is 6.04. The number of amides is 1. The molecule has 0 atom stereocenters. The van der Waals surface area contributed by atoms with Crippen molar-refractivity contribution in [2.75, 3.05) is 39.8 Å². The molecular formula is C13H27N3O. The van der Waals surface area contributed by atoms with Crippen LogP contribution < -0.4 is 10.6 Å². The van der Waals surface area contributed by atoms with E-state index in [0.29, 0.717) is 6.42 Å². The molecule has 1 amide bonds. The van der Waals surface area contributed by atoms with Gasteiger partial charge in [-0.2, -0.15) is 0 Å². The number of rotatable bonds is 7. The Kier molecular flexibility index (Phi) is 7.21. The smallest absolute Gasteiger partial charge is 0.220 e. The fourth-order valence-electron chi connectivity index (χ4n) is 2.15. The predicted molar refractivity (Wildman–Crippen MR) is 71.0 cm³/mol. The summed E-state index contributed by atoms with van der Waals surface area (Å²) in [4.78, 5) is 13.9. The maximum Gasteiger partial charge on any atom is 0.220 e. The van der Waals surface area contributed by atoms with Crippen molar-refractivity contribution in [1.82, 2.24) is 15.5 Å². The number of piperidine rings is 1. The highest BCUT2D eigenvalue weighted by Gasteiger charge is 2.14. The van der Waals surface area contributed by atoms with Crippen LogP contribution in [0, 0.1) is 5.92 Å². The lowest BCUT2D eigenvalue weighted by Crippen LogP contribution is -2.39. The molecule has 1 saturated heterocycles. The fourth-order valence-corrected chi connectivity index (χ4v) is 2.15. The van der Waals surface area contributed by atoms with E-state index in [1.807, 2.05) is 7.05 Å². The van der Waals surface area contributed by atoms with Gasteiger partial charge in [0.05, 0.1) is 0 Å². The summed E-state index contributed by atoms with van der Waals surface area (Å²) < 4.78 is 0. The number of hydrogen-bond donors (Lipinski definition) is 2. The van der Waals surface area contributed by atoms with Crippen molar-refractivity contribution < 1.29 is 4.79 Å². The van der Waals surface area contributed by atoms with Crippen molar-refractivity contribution in [2.24, 2.45) is 5.92 Å². The molecule has 0 aromatic heterocycles.